The summed E-state index contributed by atoms with van der Waals surface area (Å²) >= 11 is 1.80. The molecule has 0 aliphatic rings. The highest BCUT2D eigenvalue weighted by Gasteiger charge is 1.94. The summed E-state index contributed by atoms with van der Waals surface area (Å²) in [6, 6.07) is 4.26. The van der Waals surface area contributed by atoms with E-state index in [1.807, 2.05) is 6.08 Å². The smallest absolute Gasteiger partial charge is 0.0615 e. The van der Waals surface area contributed by atoms with Crippen molar-refractivity contribution in [3.8, 4) is 0 Å². The Morgan fingerprint density at radius 2 is 2.33 bits per heavy atom. The van der Waals surface area contributed by atoms with E-state index < -0.39 is 0 Å². The van der Waals surface area contributed by atoms with Crippen molar-refractivity contribution < 1.29 is 5.11 Å². The van der Waals surface area contributed by atoms with Crippen LogP contribution in [0.1, 0.15) is 23.1 Å². The molecule has 2 heteroatoms. The second-order valence-electron chi connectivity index (χ2n) is 2.64. The van der Waals surface area contributed by atoms with Gasteiger partial charge in [-0.05, 0) is 24.6 Å². The first kappa shape index (κ1) is 9.49. The van der Waals surface area contributed by atoms with Gasteiger partial charge in [0.15, 0.2) is 0 Å². The first-order chi connectivity index (χ1) is 5.86. The normalized spacial score (nSPS) is 11.2. The van der Waals surface area contributed by atoms with E-state index in [1.165, 1.54) is 16.2 Å². The van der Waals surface area contributed by atoms with E-state index >= 15 is 0 Å². The van der Waals surface area contributed by atoms with Crippen LogP contribution in [-0.2, 0) is 6.42 Å². The second kappa shape index (κ2) is 5.12. The number of hydrogen-bond donors (Lipinski definition) is 1. The molecule has 0 radical (unpaired) electrons. The number of rotatable bonds is 4. The fraction of sp³-hybridized carbons (Fsp3) is 0.400. The molecule has 0 aromatic carbocycles. The van der Waals surface area contributed by atoms with Crippen LogP contribution in [-0.4, -0.2) is 11.7 Å². The van der Waals surface area contributed by atoms with Gasteiger partial charge in [0, 0.05) is 9.75 Å². The summed E-state index contributed by atoms with van der Waals surface area (Å²) in [5.41, 5.74) is 0. The third kappa shape index (κ3) is 2.80. The predicted octanol–water partition coefficient (Wildman–Crippen LogP) is 2.71. The molecule has 0 amide bonds. The Hall–Kier alpha value is -0.600. The van der Waals surface area contributed by atoms with Crippen LogP contribution in [0.3, 0.4) is 0 Å². The highest BCUT2D eigenvalue weighted by molar-refractivity contribution is 7.12. The van der Waals surface area contributed by atoms with Gasteiger partial charge in [-0.1, -0.05) is 19.4 Å². The second-order valence-corrected chi connectivity index (χ2v) is 3.84. The van der Waals surface area contributed by atoms with Gasteiger partial charge in [0.2, 0.25) is 0 Å². The fourth-order valence-corrected chi connectivity index (χ4v) is 2.08. The van der Waals surface area contributed by atoms with E-state index in [0.717, 1.165) is 6.42 Å². The first-order valence-electron chi connectivity index (χ1n) is 4.23. The molecule has 1 heterocycles. The van der Waals surface area contributed by atoms with Crippen LogP contribution in [0.25, 0.3) is 6.08 Å². The standard InChI is InChI=1S/C10H14OS/c1-2-4-9-6-7-10(12-9)5-3-8-11/h3,5-7,11H,2,4,8H2,1H3/b5-3+. The Bertz CT molecular complexity index is 250. The molecular weight excluding hydrogens is 168 g/mol. The molecule has 12 heavy (non-hydrogen) atoms. The zero-order valence-corrected chi connectivity index (χ0v) is 8.10. The number of thiophene rings is 1. The van der Waals surface area contributed by atoms with Gasteiger partial charge in [-0.3, -0.25) is 0 Å². The van der Waals surface area contributed by atoms with Gasteiger partial charge in [-0.2, -0.15) is 0 Å². The Morgan fingerprint density at radius 1 is 1.50 bits per heavy atom. The van der Waals surface area contributed by atoms with Crippen LogP contribution in [0.15, 0.2) is 18.2 Å². The maximum absolute atomic E-state index is 8.56. The molecule has 66 valence electrons. The zero-order valence-electron chi connectivity index (χ0n) is 7.29. The van der Waals surface area contributed by atoms with Crippen LogP contribution >= 0.6 is 11.3 Å². The van der Waals surface area contributed by atoms with E-state index in [2.05, 4.69) is 19.1 Å². The average molecular weight is 182 g/mol. The molecule has 1 aromatic rings. The molecule has 0 bridgehead atoms. The van der Waals surface area contributed by atoms with Gasteiger partial charge in [0.05, 0.1) is 6.61 Å². The summed E-state index contributed by atoms with van der Waals surface area (Å²) in [7, 11) is 0. The number of aliphatic hydroxyl groups excluding tert-OH is 1. The quantitative estimate of drug-likeness (QED) is 0.759. The Kier molecular flexibility index (Phi) is 4.05. The summed E-state index contributed by atoms with van der Waals surface area (Å²) in [4.78, 5) is 2.66. The van der Waals surface area contributed by atoms with Gasteiger partial charge in [-0.25, -0.2) is 0 Å². The van der Waals surface area contributed by atoms with Gasteiger partial charge in [0.1, 0.15) is 0 Å². The lowest BCUT2D eigenvalue weighted by molar-refractivity contribution is 0.343. The van der Waals surface area contributed by atoms with Crippen molar-refractivity contribution in [3.05, 3.63) is 28.0 Å². The monoisotopic (exact) mass is 182 g/mol. The van der Waals surface area contributed by atoms with Crippen molar-refractivity contribution in [2.45, 2.75) is 19.8 Å². The molecule has 0 aliphatic heterocycles. The van der Waals surface area contributed by atoms with Crippen LogP contribution < -0.4 is 0 Å². The van der Waals surface area contributed by atoms with Crippen molar-refractivity contribution >= 4 is 17.4 Å². The van der Waals surface area contributed by atoms with Crippen LogP contribution in [0.5, 0.6) is 0 Å². The summed E-state index contributed by atoms with van der Waals surface area (Å²) in [5, 5.41) is 8.56. The van der Waals surface area contributed by atoms with Gasteiger partial charge < -0.3 is 5.11 Å². The molecule has 0 saturated carbocycles. The first-order valence-corrected chi connectivity index (χ1v) is 5.04. The minimum Gasteiger partial charge on any atom is -0.392 e. The maximum Gasteiger partial charge on any atom is 0.0615 e. The van der Waals surface area contributed by atoms with Crippen molar-refractivity contribution in [2.75, 3.05) is 6.61 Å². The molecular formula is C10H14OS. The predicted molar refractivity (Wildman–Crippen MR) is 54.4 cm³/mol. The van der Waals surface area contributed by atoms with Crippen molar-refractivity contribution in [2.24, 2.45) is 0 Å². The minimum atomic E-state index is 0.126. The molecule has 1 N–H and O–H groups in total. The fourth-order valence-electron chi connectivity index (χ4n) is 1.03. The summed E-state index contributed by atoms with van der Waals surface area (Å²) < 4.78 is 0. The van der Waals surface area contributed by atoms with E-state index in [1.54, 1.807) is 17.4 Å². The SMILES string of the molecule is CCCc1ccc(/C=C/CO)s1. The van der Waals surface area contributed by atoms with Gasteiger partial charge in [-0.15, -0.1) is 11.3 Å². The lowest BCUT2D eigenvalue weighted by Crippen LogP contribution is -1.72. The summed E-state index contributed by atoms with van der Waals surface area (Å²) in [5.74, 6) is 0. The third-order valence-corrected chi connectivity index (χ3v) is 2.68. The Labute approximate surface area is 77.4 Å². The summed E-state index contributed by atoms with van der Waals surface area (Å²) in [6.07, 6.45) is 6.09. The minimum absolute atomic E-state index is 0.126. The molecule has 1 rings (SSSR count). The molecule has 0 aliphatic carbocycles. The van der Waals surface area contributed by atoms with Gasteiger partial charge in [0.25, 0.3) is 0 Å². The summed E-state index contributed by atoms with van der Waals surface area (Å²) in [6.45, 7) is 2.31. The number of hydrogen-bond acceptors (Lipinski definition) is 2. The van der Waals surface area contributed by atoms with Gasteiger partial charge >= 0.3 is 0 Å². The van der Waals surface area contributed by atoms with Crippen LogP contribution in [0.2, 0.25) is 0 Å². The van der Waals surface area contributed by atoms with E-state index in [4.69, 9.17) is 5.11 Å². The molecule has 0 spiro atoms. The molecule has 0 unspecified atom stereocenters. The third-order valence-electron chi connectivity index (χ3n) is 1.57. The lowest BCUT2D eigenvalue weighted by Gasteiger charge is -1.87. The molecule has 0 saturated heterocycles. The molecule has 0 atom stereocenters. The molecule has 1 nitrogen and oxygen atoms in total. The number of aliphatic hydroxyl groups is 1. The van der Waals surface area contributed by atoms with Crippen molar-refractivity contribution in [3.63, 3.8) is 0 Å². The Morgan fingerprint density at radius 3 is 3.00 bits per heavy atom. The Balaban J connectivity index is 2.57. The maximum atomic E-state index is 8.56. The van der Waals surface area contributed by atoms with Crippen molar-refractivity contribution in [1.29, 1.82) is 0 Å². The van der Waals surface area contributed by atoms with Crippen molar-refractivity contribution in [1.82, 2.24) is 0 Å². The zero-order chi connectivity index (χ0) is 8.81. The largest absolute Gasteiger partial charge is 0.392 e. The molecule has 0 fully saturated rings. The lowest BCUT2D eigenvalue weighted by atomic mass is 10.3. The van der Waals surface area contributed by atoms with E-state index in [-0.39, 0.29) is 6.61 Å². The van der Waals surface area contributed by atoms with E-state index in [9.17, 15) is 0 Å². The topological polar surface area (TPSA) is 20.2 Å². The van der Waals surface area contributed by atoms with E-state index in [0.29, 0.717) is 0 Å². The average Bonchev–Trinajstić information content (AvgIpc) is 2.50. The highest BCUT2D eigenvalue weighted by Crippen LogP contribution is 2.18. The molecule has 1 aromatic heterocycles. The highest BCUT2D eigenvalue weighted by atomic mass is 32.1. The number of aryl methyl sites for hydroxylation is 1. The van der Waals surface area contributed by atoms with Crippen LogP contribution in [0, 0.1) is 0 Å². The van der Waals surface area contributed by atoms with Crippen LogP contribution in [0.4, 0.5) is 0 Å².